The van der Waals surface area contributed by atoms with Crippen molar-refractivity contribution in [2.75, 3.05) is 18.5 Å². The monoisotopic (exact) mass is 545 g/mol. The van der Waals surface area contributed by atoms with Crippen LogP contribution >= 0.6 is 0 Å². The molecule has 0 saturated heterocycles. The maximum Gasteiger partial charge on any atom is 0.407 e. The van der Waals surface area contributed by atoms with Crippen molar-refractivity contribution < 1.29 is 23.9 Å². The van der Waals surface area contributed by atoms with Crippen LogP contribution in [0.1, 0.15) is 45.2 Å². The molecule has 1 atom stereocenters. The molecule has 0 unspecified atom stereocenters. The van der Waals surface area contributed by atoms with E-state index in [2.05, 4.69) is 30.7 Å². The SMILES string of the molecule is CCn1nc(C)cc1C(=O)Nc1nc2cc(C(N)=O)cc3c2n1[C@@H](/C=C/CNC(=O)OCc1cnccn1)CO3. The third-order valence-electron chi connectivity index (χ3n) is 6.13. The van der Waals surface area contributed by atoms with Gasteiger partial charge in [-0.15, -0.1) is 0 Å². The summed E-state index contributed by atoms with van der Waals surface area (Å²) in [5.74, 6) is -0.321. The Morgan fingerprint density at radius 1 is 1.25 bits per heavy atom. The van der Waals surface area contributed by atoms with Gasteiger partial charge in [-0.3, -0.25) is 34.1 Å². The maximum absolute atomic E-state index is 13.2. The van der Waals surface area contributed by atoms with Crippen LogP contribution in [0.15, 0.2) is 48.9 Å². The number of hydrogen-bond acceptors (Lipinski definition) is 9. The molecule has 4 N–H and O–H groups in total. The minimum Gasteiger partial charge on any atom is -0.489 e. The first-order valence-electron chi connectivity index (χ1n) is 12.5. The van der Waals surface area contributed by atoms with Crippen molar-refractivity contribution in [2.45, 2.75) is 33.0 Å². The summed E-state index contributed by atoms with van der Waals surface area (Å²) in [5, 5.41) is 9.86. The zero-order valence-corrected chi connectivity index (χ0v) is 21.8. The topological polar surface area (TPSA) is 181 Å². The second-order valence-corrected chi connectivity index (χ2v) is 8.91. The van der Waals surface area contributed by atoms with Gasteiger partial charge in [0.2, 0.25) is 11.9 Å². The number of rotatable bonds is 9. The molecule has 206 valence electrons. The summed E-state index contributed by atoms with van der Waals surface area (Å²) in [4.78, 5) is 49.7. The van der Waals surface area contributed by atoms with E-state index in [4.69, 9.17) is 15.2 Å². The van der Waals surface area contributed by atoms with Crippen LogP contribution in [-0.4, -0.2) is 60.4 Å². The quantitative estimate of drug-likeness (QED) is 0.265. The first-order chi connectivity index (χ1) is 19.3. The van der Waals surface area contributed by atoms with Gasteiger partial charge >= 0.3 is 6.09 Å². The molecule has 3 aromatic heterocycles. The number of primary amides is 1. The number of aromatic nitrogens is 6. The average Bonchev–Trinajstić information content (AvgIpc) is 3.52. The number of aryl methyl sites for hydroxylation is 2. The van der Waals surface area contributed by atoms with Crippen LogP contribution in [0.2, 0.25) is 0 Å². The number of hydrogen-bond donors (Lipinski definition) is 3. The molecule has 0 bridgehead atoms. The third kappa shape index (κ3) is 5.45. The number of anilines is 1. The van der Waals surface area contributed by atoms with Gasteiger partial charge in [-0.05, 0) is 32.0 Å². The molecule has 14 heteroatoms. The van der Waals surface area contributed by atoms with E-state index in [1.165, 1.54) is 18.6 Å². The molecule has 1 aliphatic rings. The molecule has 0 aliphatic carbocycles. The van der Waals surface area contributed by atoms with E-state index in [1.807, 2.05) is 24.5 Å². The number of ether oxygens (including phenoxy) is 2. The first kappa shape index (κ1) is 26.3. The van der Waals surface area contributed by atoms with Crippen molar-refractivity contribution in [2.24, 2.45) is 5.73 Å². The number of amides is 3. The highest BCUT2D eigenvalue weighted by Crippen LogP contribution is 2.37. The fourth-order valence-electron chi connectivity index (χ4n) is 4.35. The number of nitrogens with two attached hydrogens (primary N) is 1. The smallest absolute Gasteiger partial charge is 0.407 e. The van der Waals surface area contributed by atoms with Gasteiger partial charge in [-0.2, -0.15) is 5.10 Å². The minimum atomic E-state index is -0.622. The van der Waals surface area contributed by atoms with Crippen molar-refractivity contribution >= 4 is 34.9 Å². The molecule has 1 aromatic carbocycles. The summed E-state index contributed by atoms with van der Waals surface area (Å²) in [6, 6.07) is 4.42. The molecule has 5 rings (SSSR count). The maximum atomic E-state index is 13.2. The van der Waals surface area contributed by atoms with Crippen molar-refractivity contribution in [1.29, 1.82) is 0 Å². The molecule has 1 aliphatic heterocycles. The number of imidazole rings is 1. The van der Waals surface area contributed by atoms with Crippen LogP contribution in [0.25, 0.3) is 11.0 Å². The number of nitrogens with zero attached hydrogens (tertiary/aromatic N) is 6. The van der Waals surface area contributed by atoms with Gasteiger partial charge in [0.1, 0.15) is 30.2 Å². The van der Waals surface area contributed by atoms with Crippen molar-refractivity contribution in [3.8, 4) is 5.75 Å². The zero-order valence-electron chi connectivity index (χ0n) is 21.8. The van der Waals surface area contributed by atoms with E-state index in [-0.39, 0.29) is 43.2 Å². The lowest BCUT2D eigenvalue weighted by atomic mass is 10.1. The Morgan fingerprint density at radius 3 is 2.85 bits per heavy atom. The molecule has 0 saturated carbocycles. The van der Waals surface area contributed by atoms with Gasteiger partial charge in [0.05, 0.1) is 29.1 Å². The van der Waals surface area contributed by atoms with Crippen LogP contribution in [0.5, 0.6) is 5.75 Å². The molecule has 3 amide bonds. The molecule has 0 radical (unpaired) electrons. The van der Waals surface area contributed by atoms with Crippen molar-refractivity contribution in [3.05, 3.63) is 71.6 Å². The standard InChI is InChI=1S/C26H27N9O5/c1-3-34-20(9-15(2)33-34)24(37)32-25-31-19-10-16(23(27)36)11-21-22(19)35(25)18(14-39-21)5-4-6-30-26(38)40-13-17-12-28-7-8-29-17/h4-5,7-12,18H,3,6,13-14H2,1-2H3,(H2,27,36)(H,30,38)(H,31,32,37)/b5-4+/t18-/m0/s1. The molecule has 0 spiro atoms. The second kappa shape index (κ2) is 11.2. The molecular formula is C26H27N9O5. The lowest BCUT2D eigenvalue weighted by Crippen LogP contribution is -2.26. The second-order valence-electron chi connectivity index (χ2n) is 8.91. The van der Waals surface area contributed by atoms with E-state index in [9.17, 15) is 14.4 Å². The largest absolute Gasteiger partial charge is 0.489 e. The van der Waals surface area contributed by atoms with E-state index in [0.717, 1.165) is 0 Å². The van der Waals surface area contributed by atoms with Crippen molar-refractivity contribution in [1.82, 2.24) is 34.6 Å². The molecular weight excluding hydrogens is 518 g/mol. The summed E-state index contributed by atoms with van der Waals surface area (Å²) in [5.41, 5.74) is 8.40. The Morgan fingerprint density at radius 2 is 2.10 bits per heavy atom. The summed E-state index contributed by atoms with van der Waals surface area (Å²) in [6.45, 7) is 4.59. The Bertz CT molecular complexity index is 1610. The summed E-state index contributed by atoms with van der Waals surface area (Å²) < 4.78 is 14.5. The van der Waals surface area contributed by atoms with Gasteiger partial charge in [0.25, 0.3) is 5.91 Å². The van der Waals surface area contributed by atoms with Crippen LogP contribution in [0, 0.1) is 6.92 Å². The normalized spacial score (nSPS) is 14.2. The predicted octanol–water partition coefficient (Wildman–Crippen LogP) is 2.12. The van der Waals surface area contributed by atoms with Gasteiger partial charge in [-0.25, -0.2) is 9.78 Å². The van der Waals surface area contributed by atoms with Gasteiger partial charge in [0.15, 0.2) is 0 Å². The predicted molar refractivity (Wildman–Crippen MR) is 143 cm³/mol. The average molecular weight is 546 g/mol. The zero-order chi connectivity index (χ0) is 28.2. The van der Waals surface area contributed by atoms with Crippen LogP contribution < -0.4 is 21.1 Å². The number of carbonyl (C=O) groups is 3. The Balaban J connectivity index is 1.36. The summed E-state index contributed by atoms with van der Waals surface area (Å²) in [6.07, 6.45) is 7.52. The highest BCUT2D eigenvalue weighted by molar-refractivity contribution is 6.04. The highest BCUT2D eigenvalue weighted by Gasteiger charge is 2.28. The van der Waals surface area contributed by atoms with Gasteiger partial charge < -0.3 is 20.5 Å². The first-order valence-corrected chi connectivity index (χ1v) is 12.5. The summed E-state index contributed by atoms with van der Waals surface area (Å²) in [7, 11) is 0. The number of nitrogens with one attached hydrogen (secondary N) is 2. The fraction of sp³-hybridized carbons (Fsp3) is 0.269. The van der Waals surface area contributed by atoms with Crippen LogP contribution in [0.3, 0.4) is 0 Å². The molecule has 4 heterocycles. The van der Waals surface area contributed by atoms with E-state index >= 15 is 0 Å². The molecule has 14 nitrogen and oxygen atoms in total. The molecule has 0 fully saturated rings. The minimum absolute atomic E-state index is 0.00351. The fourth-order valence-corrected chi connectivity index (χ4v) is 4.35. The Labute approximate surface area is 228 Å². The van der Waals surface area contributed by atoms with Crippen molar-refractivity contribution in [3.63, 3.8) is 0 Å². The Kier molecular flexibility index (Phi) is 7.39. The van der Waals surface area contributed by atoms with Crippen LogP contribution in [-0.2, 0) is 17.9 Å². The van der Waals surface area contributed by atoms with Gasteiger partial charge in [-0.1, -0.05) is 12.2 Å². The van der Waals surface area contributed by atoms with E-state index in [1.54, 1.807) is 29.0 Å². The van der Waals surface area contributed by atoms with Gasteiger partial charge in [0, 0.05) is 31.0 Å². The van der Waals surface area contributed by atoms with E-state index < -0.39 is 12.0 Å². The number of alkyl carbamates (subject to hydrolysis) is 1. The van der Waals surface area contributed by atoms with E-state index in [0.29, 0.717) is 40.4 Å². The number of benzene rings is 1. The Hall–Kier alpha value is -5.27. The lowest BCUT2D eigenvalue weighted by Gasteiger charge is -2.25. The third-order valence-corrected chi connectivity index (χ3v) is 6.13. The highest BCUT2D eigenvalue weighted by atomic mass is 16.5. The number of carbonyl (C=O) groups excluding carboxylic acids is 3. The van der Waals surface area contributed by atoms with Crippen LogP contribution in [0.4, 0.5) is 10.7 Å². The summed E-state index contributed by atoms with van der Waals surface area (Å²) >= 11 is 0. The molecule has 40 heavy (non-hydrogen) atoms. The molecule has 4 aromatic rings. The lowest BCUT2D eigenvalue weighted by molar-refractivity contribution is 0.0995.